The average molecular weight is 338 g/mol. The van der Waals surface area contributed by atoms with Gasteiger partial charge in [-0.25, -0.2) is 0 Å². The van der Waals surface area contributed by atoms with Crippen molar-refractivity contribution < 1.29 is 4.79 Å². The van der Waals surface area contributed by atoms with Gasteiger partial charge in [0.25, 0.3) is 5.91 Å². The van der Waals surface area contributed by atoms with E-state index in [2.05, 4.69) is 34.1 Å². The van der Waals surface area contributed by atoms with E-state index in [9.17, 15) is 4.79 Å². The van der Waals surface area contributed by atoms with Gasteiger partial charge in [-0.1, -0.05) is 30.3 Å². The second-order valence-corrected chi connectivity index (χ2v) is 6.66. The molecule has 0 atom stereocenters. The highest BCUT2D eigenvalue weighted by atomic mass is 16.2. The van der Waals surface area contributed by atoms with Crippen LogP contribution in [-0.2, 0) is 6.42 Å². The van der Waals surface area contributed by atoms with Gasteiger partial charge in [0.1, 0.15) is 5.69 Å². The minimum Gasteiger partial charge on any atom is -0.378 e. The number of anilines is 1. The van der Waals surface area contributed by atoms with Crippen LogP contribution >= 0.6 is 0 Å². The second kappa shape index (κ2) is 8.12. The van der Waals surface area contributed by atoms with Crippen molar-refractivity contribution in [3.8, 4) is 0 Å². The molecule has 0 unspecified atom stereocenters. The number of amides is 1. The maximum atomic E-state index is 12.7. The monoisotopic (exact) mass is 338 g/mol. The van der Waals surface area contributed by atoms with Crippen LogP contribution in [0.2, 0.25) is 0 Å². The van der Waals surface area contributed by atoms with Crippen LogP contribution in [-0.4, -0.2) is 67.5 Å². The number of hydrogen-bond donors (Lipinski definition) is 0. The number of rotatable bonds is 5. The predicted octanol–water partition coefficient (Wildman–Crippen LogP) is 2.15. The van der Waals surface area contributed by atoms with E-state index < -0.39 is 0 Å². The summed E-state index contributed by atoms with van der Waals surface area (Å²) in [6.07, 6.45) is 2.76. The molecule has 132 valence electrons. The normalized spacial score (nSPS) is 15.2. The van der Waals surface area contributed by atoms with E-state index in [4.69, 9.17) is 0 Å². The minimum absolute atomic E-state index is 0.0337. The number of carbonyl (C=O) groups excluding carboxylic acids is 1. The molecule has 5 heteroatoms. The Morgan fingerprint density at radius 2 is 1.80 bits per heavy atom. The van der Waals surface area contributed by atoms with E-state index in [1.54, 1.807) is 6.20 Å². The molecule has 3 rings (SSSR count). The first-order valence-corrected chi connectivity index (χ1v) is 8.82. The van der Waals surface area contributed by atoms with E-state index in [0.29, 0.717) is 5.69 Å². The summed E-state index contributed by atoms with van der Waals surface area (Å²) in [6.45, 7) is 4.42. The molecule has 0 bridgehead atoms. The van der Waals surface area contributed by atoms with Crippen molar-refractivity contribution in [2.24, 2.45) is 0 Å². The van der Waals surface area contributed by atoms with Gasteiger partial charge in [-0.3, -0.25) is 14.7 Å². The Bertz CT molecular complexity index is 694. The lowest BCUT2D eigenvalue weighted by atomic mass is 10.1. The van der Waals surface area contributed by atoms with E-state index in [1.165, 1.54) is 5.56 Å². The van der Waals surface area contributed by atoms with Gasteiger partial charge in [0.2, 0.25) is 0 Å². The predicted molar refractivity (Wildman–Crippen MR) is 101 cm³/mol. The van der Waals surface area contributed by atoms with Crippen molar-refractivity contribution in [3.05, 3.63) is 59.9 Å². The van der Waals surface area contributed by atoms with E-state index in [1.807, 2.05) is 42.1 Å². The van der Waals surface area contributed by atoms with Crippen molar-refractivity contribution in [3.63, 3.8) is 0 Å². The molecule has 5 nitrogen and oxygen atoms in total. The Hall–Kier alpha value is -2.40. The lowest BCUT2D eigenvalue weighted by Crippen LogP contribution is -2.49. The Kier molecular flexibility index (Phi) is 5.66. The molecule has 1 saturated heterocycles. The Morgan fingerprint density at radius 1 is 1.08 bits per heavy atom. The zero-order chi connectivity index (χ0) is 17.6. The fourth-order valence-electron chi connectivity index (χ4n) is 3.08. The molecule has 25 heavy (non-hydrogen) atoms. The number of pyridine rings is 1. The number of carbonyl (C=O) groups is 1. The Balaban J connectivity index is 1.51. The molecule has 0 saturated carbocycles. The van der Waals surface area contributed by atoms with Crippen molar-refractivity contribution in [2.45, 2.75) is 6.42 Å². The van der Waals surface area contributed by atoms with Gasteiger partial charge in [0, 0.05) is 58.7 Å². The molecule has 1 fully saturated rings. The van der Waals surface area contributed by atoms with Crippen molar-refractivity contribution in [2.75, 3.05) is 51.7 Å². The van der Waals surface area contributed by atoms with Crippen LogP contribution in [0.4, 0.5) is 5.69 Å². The minimum atomic E-state index is 0.0337. The highest BCUT2D eigenvalue weighted by Crippen LogP contribution is 2.14. The third-order valence-electron chi connectivity index (χ3n) is 4.70. The fraction of sp³-hybridized carbons (Fsp3) is 0.400. The van der Waals surface area contributed by atoms with Gasteiger partial charge in [0.05, 0.1) is 0 Å². The molecule has 1 aromatic carbocycles. The quantitative estimate of drug-likeness (QED) is 0.837. The van der Waals surface area contributed by atoms with Gasteiger partial charge in [-0.15, -0.1) is 0 Å². The molecule has 1 aliphatic heterocycles. The third kappa shape index (κ3) is 4.57. The van der Waals surface area contributed by atoms with Crippen LogP contribution in [0.1, 0.15) is 16.1 Å². The maximum absolute atomic E-state index is 12.7. The van der Waals surface area contributed by atoms with E-state index in [0.717, 1.165) is 44.8 Å². The highest BCUT2D eigenvalue weighted by molar-refractivity contribution is 5.93. The summed E-state index contributed by atoms with van der Waals surface area (Å²) in [6, 6.07) is 14.3. The van der Waals surface area contributed by atoms with Crippen LogP contribution < -0.4 is 4.90 Å². The van der Waals surface area contributed by atoms with Crippen molar-refractivity contribution in [1.29, 1.82) is 0 Å². The van der Waals surface area contributed by atoms with Crippen LogP contribution in [0.5, 0.6) is 0 Å². The molecule has 1 aromatic heterocycles. The van der Waals surface area contributed by atoms with Crippen LogP contribution in [0, 0.1) is 0 Å². The summed E-state index contributed by atoms with van der Waals surface area (Å²) in [7, 11) is 3.93. The number of aromatic nitrogens is 1. The topological polar surface area (TPSA) is 39.7 Å². The van der Waals surface area contributed by atoms with Gasteiger partial charge in [-0.2, -0.15) is 0 Å². The van der Waals surface area contributed by atoms with Crippen molar-refractivity contribution in [1.82, 2.24) is 14.8 Å². The largest absolute Gasteiger partial charge is 0.378 e. The molecule has 0 aliphatic carbocycles. The molecule has 2 aromatic rings. The third-order valence-corrected chi connectivity index (χ3v) is 4.70. The smallest absolute Gasteiger partial charge is 0.272 e. The maximum Gasteiger partial charge on any atom is 0.272 e. The number of piperazine rings is 1. The van der Waals surface area contributed by atoms with E-state index >= 15 is 0 Å². The lowest BCUT2D eigenvalue weighted by molar-refractivity contribution is 0.0633. The molecular weight excluding hydrogens is 312 g/mol. The van der Waals surface area contributed by atoms with Crippen LogP contribution in [0.25, 0.3) is 0 Å². The molecular formula is C20H26N4O. The Morgan fingerprint density at radius 3 is 2.48 bits per heavy atom. The van der Waals surface area contributed by atoms with Gasteiger partial charge in [-0.05, 0) is 24.1 Å². The summed E-state index contributed by atoms with van der Waals surface area (Å²) >= 11 is 0. The van der Waals surface area contributed by atoms with Crippen molar-refractivity contribution >= 4 is 11.6 Å². The number of nitrogens with zero attached hydrogens (tertiary/aromatic N) is 4. The molecule has 0 spiro atoms. The summed E-state index contributed by atoms with van der Waals surface area (Å²) in [5.41, 5.74) is 2.90. The summed E-state index contributed by atoms with van der Waals surface area (Å²) in [4.78, 5) is 23.3. The van der Waals surface area contributed by atoms with Gasteiger partial charge in [0.15, 0.2) is 0 Å². The van der Waals surface area contributed by atoms with Crippen LogP contribution in [0.3, 0.4) is 0 Å². The molecule has 1 amide bonds. The first kappa shape index (κ1) is 17.4. The summed E-state index contributed by atoms with van der Waals surface area (Å²) < 4.78 is 0. The van der Waals surface area contributed by atoms with Crippen LogP contribution in [0.15, 0.2) is 48.7 Å². The standard InChI is InChI=1S/C20H26N4O/c1-22(2)18-8-10-21-19(16-18)20(25)24-14-12-23(13-15-24)11-9-17-6-4-3-5-7-17/h3-8,10,16H,9,11-15H2,1-2H3. The van der Waals surface area contributed by atoms with Gasteiger partial charge < -0.3 is 9.80 Å². The SMILES string of the molecule is CN(C)c1ccnc(C(=O)N2CCN(CCc3ccccc3)CC2)c1. The second-order valence-electron chi connectivity index (χ2n) is 6.66. The molecule has 2 heterocycles. The average Bonchev–Trinajstić information content (AvgIpc) is 2.67. The number of hydrogen-bond acceptors (Lipinski definition) is 4. The fourth-order valence-corrected chi connectivity index (χ4v) is 3.08. The zero-order valence-corrected chi connectivity index (χ0v) is 15.1. The summed E-state index contributed by atoms with van der Waals surface area (Å²) in [5, 5.41) is 0. The first-order valence-electron chi connectivity index (χ1n) is 8.82. The van der Waals surface area contributed by atoms with E-state index in [-0.39, 0.29) is 5.91 Å². The zero-order valence-electron chi connectivity index (χ0n) is 15.1. The Labute approximate surface area is 149 Å². The number of benzene rings is 1. The lowest BCUT2D eigenvalue weighted by Gasteiger charge is -2.34. The molecule has 0 N–H and O–H groups in total. The summed E-state index contributed by atoms with van der Waals surface area (Å²) in [5.74, 6) is 0.0337. The molecule has 0 radical (unpaired) electrons. The van der Waals surface area contributed by atoms with Gasteiger partial charge >= 0.3 is 0 Å². The first-order chi connectivity index (χ1) is 12.1. The molecule has 1 aliphatic rings. The highest BCUT2D eigenvalue weighted by Gasteiger charge is 2.23.